The molecule has 3 rings (SSSR count). The second-order valence-corrected chi connectivity index (χ2v) is 5.98. The van der Waals surface area contributed by atoms with Gasteiger partial charge in [-0.25, -0.2) is 5.43 Å². The van der Waals surface area contributed by atoms with Gasteiger partial charge in [0, 0.05) is 17.7 Å². The highest BCUT2D eigenvalue weighted by molar-refractivity contribution is 5.95. The van der Waals surface area contributed by atoms with Crippen molar-refractivity contribution in [3.05, 3.63) is 99.6 Å². The van der Waals surface area contributed by atoms with E-state index in [-0.39, 0.29) is 11.3 Å². The van der Waals surface area contributed by atoms with E-state index in [1.165, 1.54) is 0 Å². The second-order valence-electron chi connectivity index (χ2n) is 5.98. The minimum absolute atomic E-state index is 0.00385. The number of hydrogen-bond acceptors (Lipinski definition) is 6. The van der Waals surface area contributed by atoms with Crippen LogP contribution in [0, 0.1) is 10.1 Å². The van der Waals surface area contributed by atoms with Crippen molar-refractivity contribution in [1.82, 2.24) is 5.43 Å². The molecule has 0 aliphatic rings. The minimum atomic E-state index is -0.614. The minimum Gasteiger partial charge on any atom is -0.872 e. The Morgan fingerprint density at radius 3 is 2.48 bits per heavy atom. The Labute approximate surface area is 166 Å². The molecule has 0 atom stereocenters. The number of amides is 1. The van der Waals surface area contributed by atoms with E-state index < -0.39 is 16.6 Å². The average molecular weight is 390 g/mol. The van der Waals surface area contributed by atoms with Crippen LogP contribution >= 0.6 is 0 Å². The van der Waals surface area contributed by atoms with Gasteiger partial charge >= 0.3 is 0 Å². The summed E-state index contributed by atoms with van der Waals surface area (Å²) in [4.78, 5) is 22.3. The predicted molar refractivity (Wildman–Crippen MR) is 105 cm³/mol. The zero-order valence-corrected chi connectivity index (χ0v) is 15.1. The van der Waals surface area contributed by atoms with Crippen LogP contribution < -0.4 is 15.3 Å². The number of hydrazone groups is 1. The van der Waals surface area contributed by atoms with E-state index in [0.717, 1.165) is 30.0 Å². The number of benzene rings is 3. The molecule has 8 heteroatoms. The molecule has 0 spiro atoms. The van der Waals surface area contributed by atoms with Crippen molar-refractivity contribution in [3.8, 4) is 11.5 Å². The third-order valence-electron chi connectivity index (χ3n) is 3.94. The summed E-state index contributed by atoms with van der Waals surface area (Å²) in [5.41, 5.74) is 3.43. The lowest BCUT2D eigenvalue weighted by Gasteiger charge is -2.09. The molecule has 8 nitrogen and oxygen atoms in total. The molecule has 0 aromatic heterocycles. The average Bonchev–Trinajstić information content (AvgIpc) is 2.74. The maximum atomic E-state index is 12.1. The largest absolute Gasteiger partial charge is 0.872 e. The number of nitrogens with zero attached hydrogens (tertiary/aromatic N) is 2. The number of nitrogens with one attached hydrogen (secondary N) is 1. The van der Waals surface area contributed by atoms with Crippen LogP contribution in [0.25, 0.3) is 0 Å². The fourth-order valence-electron chi connectivity index (χ4n) is 2.42. The highest BCUT2D eigenvalue weighted by Crippen LogP contribution is 2.19. The van der Waals surface area contributed by atoms with E-state index in [0.29, 0.717) is 17.9 Å². The number of hydrogen-bond donors (Lipinski definition) is 1. The summed E-state index contributed by atoms with van der Waals surface area (Å²) < 4.78 is 5.66. The Morgan fingerprint density at radius 1 is 1.07 bits per heavy atom. The van der Waals surface area contributed by atoms with Crippen LogP contribution in [-0.4, -0.2) is 17.0 Å². The van der Waals surface area contributed by atoms with E-state index >= 15 is 0 Å². The molecule has 0 bridgehead atoms. The van der Waals surface area contributed by atoms with Crippen molar-refractivity contribution >= 4 is 17.8 Å². The van der Waals surface area contributed by atoms with Gasteiger partial charge in [0.05, 0.1) is 11.1 Å². The molecule has 3 aromatic rings. The molecule has 3 aromatic carbocycles. The Balaban J connectivity index is 1.57. The molecule has 0 saturated carbocycles. The van der Waals surface area contributed by atoms with Gasteiger partial charge in [-0.05, 0) is 35.4 Å². The lowest BCUT2D eigenvalue weighted by Crippen LogP contribution is -2.17. The van der Waals surface area contributed by atoms with Gasteiger partial charge in [0.25, 0.3) is 11.6 Å². The summed E-state index contributed by atoms with van der Waals surface area (Å²) in [6.45, 7) is 0.414. The van der Waals surface area contributed by atoms with Gasteiger partial charge in [-0.15, -0.1) is 0 Å². The monoisotopic (exact) mass is 390 g/mol. The van der Waals surface area contributed by atoms with Crippen molar-refractivity contribution in [2.45, 2.75) is 6.61 Å². The SMILES string of the molecule is O=C(N/N=C\c1cc([N+](=O)[O-])ccc1[O-])c1ccc(OCc2ccccc2)cc1. The molecule has 0 saturated heterocycles. The first-order valence-electron chi connectivity index (χ1n) is 8.58. The van der Waals surface area contributed by atoms with Crippen molar-refractivity contribution in [3.63, 3.8) is 0 Å². The van der Waals surface area contributed by atoms with E-state index in [2.05, 4.69) is 10.5 Å². The van der Waals surface area contributed by atoms with Gasteiger partial charge in [-0.2, -0.15) is 5.10 Å². The highest BCUT2D eigenvalue weighted by Gasteiger charge is 2.07. The molecule has 0 heterocycles. The standard InChI is InChI=1S/C21H17N3O5/c25-20-11-8-18(24(27)28)12-17(20)13-22-23-21(26)16-6-9-19(10-7-16)29-14-15-4-2-1-3-5-15/h1-13,25H,14H2,(H,23,26)/p-1/b22-13-. The highest BCUT2D eigenvalue weighted by atomic mass is 16.6. The summed E-state index contributed by atoms with van der Waals surface area (Å²) in [7, 11) is 0. The topological polar surface area (TPSA) is 117 Å². The van der Waals surface area contributed by atoms with Crippen molar-refractivity contribution in [2.75, 3.05) is 0 Å². The van der Waals surface area contributed by atoms with Crippen molar-refractivity contribution in [1.29, 1.82) is 0 Å². The number of carbonyl (C=O) groups is 1. The van der Waals surface area contributed by atoms with Crippen LogP contribution in [0.1, 0.15) is 21.5 Å². The molecular weight excluding hydrogens is 374 g/mol. The summed E-state index contributed by atoms with van der Waals surface area (Å²) in [6, 6.07) is 19.5. The first kappa shape index (κ1) is 19.6. The van der Waals surface area contributed by atoms with Crippen LogP contribution in [0.5, 0.6) is 11.5 Å². The lowest BCUT2D eigenvalue weighted by molar-refractivity contribution is -0.385. The lowest BCUT2D eigenvalue weighted by atomic mass is 10.2. The van der Waals surface area contributed by atoms with Gasteiger partial charge in [-0.1, -0.05) is 42.1 Å². The third kappa shape index (κ3) is 5.39. The molecule has 0 unspecified atom stereocenters. The zero-order chi connectivity index (χ0) is 20.6. The molecule has 0 radical (unpaired) electrons. The van der Waals surface area contributed by atoms with Crippen molar-refractivity contribution < 1.29 is 19.6 Å². The first-order chi connectivity index (χ1) is 14.0. The van der Waals surface area contributed by atoms with Crippen LogP contribution in [0.15, 0.2) is 77.9 Å². The van der Waals surface area contributed by atoms with E-state index in [4.69, 9.17) is 4.74 Å². The number of nitro groups is 1. The Kier molecular flexibility index (Phi) is 6.16. The van der Waals surface area contributed by atoms with Gasteiger partial charge in [0.2, 0.25) is 0 Å². The number of non-ortho nitro benzene ring substituents is 1. The van der Waals surface area contributed by atoms with Gasteiger partial charge < -0.3 is 9.84 Å². The summed E-state index contributed by atoms with van der Waals surface area (Å²) in [6.07, 6.45) is 1.07. The van der Waals surface area contributed by atoms with Crippen LogP contribution in [-0.2, 0) is 6.61 Å². The fraction of sp³-hybridized carbons (Fsp3) is 0.0476. The number of ether oxygens (including phenoxy) is 1. The van der Waals surface area contributed by atoms with Gasteiger partial charge in [-0.3, -0.25) is 14.9 Å². The van der Waals surface area contributed by atoms with Crippen LogP contribution in [0.2, 0.25) is 0 Å². The summed E-state index contributed by atoms with van der Waals surface area (Å²) >= 11 is 0. The predicted octanol–water partition coefficient (Wildman–Crippen LogP) is 3.01. The maximum absolute atomic E-state index is 12.1. The molecule has 0 aliphatic carbocycles. The zero-order valence-electron chi connectivity index (χ0n) is 15.1. The van der Waals surface area contributed by atoms with Crippen LogP contribution in [0.3, 0.4) is 0 Å². The number of rotatable bonds is 7. The molecule has 0 fully saturated rings. The van der Waals surface area contributed by atoms with E-state index in [9.17, 15) is 20.0 Å². The quantitative estimate of drug-likeness (QED) is 0.378. The van der Waals surface area contributed by atoms with E-state index in [1.54, 1.807) is 24.3 Å². The van der Waals surface area contributed by atoms with Crippen LogP contribution in [0.4, 0.5) is 5.69 Å². The molecule has 1 N–H and O–H groups in total. The number of carbonyl (C=O) groups excluding carboxylic acids is 1. The van der Waals surface area contributed by atoms with Gasteiger partial charge in [0.15, 0.2) is 0 Å². The Hall–Kier alpha value is -4.20. The van der Waals surface area contributed by atoms with Crippen molar-refractivity contribution in [2.24, 2.45) is 5.10 Å². The number of nitro benzene ring substituents is 1. The van der Waals surface area contributed by atoms with Gasteiger partial charge in [0.1, 0.15) is 12.4 Å². The third-order valence-corrected chi connectivity index (χ3v) is 3.94. The molecular formula is C21H16N3O5-. The first-order valence-corrected chi connectivity index (χ1v) is 8.58. The Morgan fingerprint density at radius 2 is 1.79 bits per heavy atom. The summed E-state index contributed by atoms with van der Waals surface area (Å²) in [5.74, 6) is -0.316. The second kappa shape index (κ2) is 9.14. The Bertz CT molecular complexity index is 1030. The molecule has 1 amide bonds. The normalized spacial score (nSPS) is 10.6. The molecule has 146 valence electrons. The fourth-order valence-corrected chi connectivity index (χ4v) is 2.42. The summed E-state index contributed by atoms with van der Waals surface area (Å²) in [5, 5.41) is 26.2. The smallest absolute Gasteiger partial charge is 0.271 e. The van der Waals surface area contributed by atoms with E-state index in [1.807, 2.05) is 30.3 Å². The molecule has 29 heavy (non-hydrogen) atoms. The molecule has 0 aliphatic heterocycles. The maximum Gasteiger partial charge on any atom is 0.271 e.